The third-order valence-electron chi connectivity index (χ3n) is 7.00. The van der Waals surface area contributed by atoms with Crippen molar-refractivity contribution in [2.45, 2.75) is 92.0 Å². The van der Waals surface area contributed by atoms with Gasteiger partial charge in [0, 0.05) is 17.6 Å². The number of carbonyl (C=O) groups is 3. The molecule has 2 unspecified atom stereocenters. The van der Waals surface area contributed by atoms with Gasteiger partial charge in [0.1, 0.15) is 23.4 Å². The van der Waals surface area contributed by atoms with E-state index in [9.17, 15) is 19.5 Å². The number of anilines is 1. The number of aryl methyl sites for hydroxylation is 3. The summed E-state index contributed by atoms with van der Waals surface area (Å²) in [5.74, 6) is -0.782. The SMILES string of the molecule is Cc1cc(C(C(=O)Nc2c(C)cccc2C)N(C(=O)C(Cc2ccccc2)NC(=O)OC(C)(C)C)C(C)(C)C)ccc1O. The van der Waals surface area contributed by atoms with Gasteiger partial charge in [-0.2, -0.15) is 0 Å². The van der Waals surface area contributed by atoms with Gasteiger partial charge in [-0.3, -0.25) is 9.59 Å². The molecule has 2 atom stereocenters. The van der Waals surface area contributed by atoms with E-state index in [0.29, 0.717) is 16.8 Å². The van der Waals surface area contributed by atoms with Crippen molar-refractivity contribution in [1.29, 1.82) is 0 Å². The molecule has 0 heterocycles. The minimum Gasteiger partial charge on any atom is -0.508 e. The zero-order valence-corrected chi connectivity index (χ0v) is 26.7. The molecule has 0 fully saturated rings. The predicted octanol–water partition coefficient (Wildman–Crippen LogP) is 6.76. The molecule has 0 aromatic heterocycles. The van der Waals surface area contributed by atoms with Gasteiger partial charge in [-0.1, -0.05) is 54.6 Å². The number of carbonyl (C=O) groups excluding carboxylic acids is 3. The molecule has 0 aliphatic carbocycles. The van der Waals surface area contributed by atoms with Gasteiger partial charge in [0.25, 0.3) is 5.91 Å². The number of amides is 3. The number of hydrogen-bond acceptors (Lipinski definition) is 5. The first kappa shape index (κ1) is 33.2. The molecular formula is C35H45N3O5. The van der Waals surface area contributed by atoms with Gasteiger partial charge in [0.05, 0.1) is 0 Å². The maximum atomic E-state index is 14.7. The Hall–Kier alpha value is -4.33. The van der Waals surface area contributed by atoms with E-state index in [0.717, 1.165) is 16.7 Å². The highest BCUT2D eigenvalue weighted by Gasteiger charge is 2.42. The maximum absolute atomic E-state index is 14.7. The van der Waals surface area contributed by atoms with Crippen LogP contribution in [0.25, 0.3) is 0 Å². The molecule has 230 valence electrons. The molecule has 0 aliphatic heterocycles. The van der Waals surface area contributed by atoms with Crippen LogP contribution in [0, 0.1) is 20.8 Å². The lowest BCUT2D eigenvalue weighted by Gasteiger charge is -2.43. The second-order valence-electron chi connectivity index (χ2n) is 13.0. The number of phenols is 1. The van der Waals surface area contributed by atoms with Crippen LogP contribution < -0.4 is 10.6 Å². The largest absolute Gasteiger partial charge is 0.508 e. The van der Waals surface area contributed by atoms with Crippen molar-refractivity contribution >= 4 is 23.6 Å². The van der Waals surface area contributed by atoms with Crippen molar-refractivity contribution in [3.63, 3.8) is 0 Å². The molecular weight excluding hydrogens is 542 g/mol. The van der Waals surface area contributed by atoms with Crippen LogP contribution in [0.15, 0.2) is 66.7 Å². The maximum Gasteiger partial charge on any atom is 0.408 e. The Labute approximate surface area is 255 Å². The number of nitrogens with one attached hydrogen (secondary N) is 2. The molecule has 0 spiro atoms. The summed E-state index contributed by atoms with van der Waals surface area (Å²) in [6, 6.07) is 17.9. The number of phenolic OH excluding ortho intramolecular Hbond substituents is 1. The summed E-state index contributed by atoms with van der Waals surface area (Å²) in [6.07, 6.45) is -0.543. The molecule has 0 radical (unpaired) electrons. The molecule has 8 nitrogen and oxygen atoms in total. The fourth-order valence-electron chi connectivity index (χ4n) is 4.98. The molecule has 0 saturated heterocycles. The van der Waals surface area contributed by atoms with Crippen LogP contribution in [0.1, 0.15) is 75.4 Å². The third kappa shape index (κ3) is 8.83. The molecule has 3 rings (SSSR count). The average Bonchev–Trinajstić information content (AvgIpc) is 2.89. The first-order valence-electron chi connectivity index (χ1n) is 14.5. The summed E-state index contributed by atoms with van der Waals surface area (Å²) >= 11 is 0. The van der Waals surface area contributed by atoms with Gasteiger partial charge < -0.3 is 25.4 Å². The lowest BCUT2D eigenvalue weighted by molar-refractivity contribution is -0.146. The highest BCUT2D eigenvalue weighted by atomic mass is 16.6. The Morgan fingerprint density at radius 2 is 1.44 bits per heavy atom. The van der Waals surface area contributed by atoms with Gasteiger partial charge in [-0.15, -0.1) is 0 Å². The van der Waals surface area contributed by atoms with Crippen LogP contribution in [0.3, 0.4) is 0 Å². The zero-order chi connectivity index (χ0) is 32.1. The van der Waals surface area contributed by atoms with Crippen LogP contribution in [-0.4, -0.2) is 45.1 Å². The van der Waals surface area contributed by atoms with Crippen LogP contribution in [-0.2, 0) is 20.7 Å². The summed E-state index contributed by atoms with van der Waals surface area (Å²) in [7, 11) is 0. The molecule has 3 amide bonds. The number of para-hydroxylation sites is 1. The summed E-state index contributed by atoms with van der Waals surface area (Å²) in [5.41, 5.74) is 2.73. The summed E-state index contributed by atoms with van der Waals surface area (Å²) in [5, 5.41) is 16.1. The Balaban J connectivity index is 2.15. The quantitative estimate of drug-likeness (QED) is 0.270. The van der Waals surface area contributed by atoms with Gasteiger partial charge >= 0.3 is 6.09 Å². The summed E-state index contributed by atoms with van der Waals surface area (Å²) in [6.45, 7) is 16.4. The molecule has 0 aliphatic rings. The van der Waals surface area contributed by atoms with Crippen LogP contribution in [0.2, 0.25) is 0 Å². The minimum atomic E-state index is -1.09. The van der Waals surface area contributed by atoms with Gasteiger partial charge in [-0.25, -0.2) is 4.79 Å². The van der Waals surface area contributed by atoms with E-state index < -0.39 is 41.1 Å². The number of alkyl carbamates (subject to hydrolysis) is 1. The summed E-state index contributed by atoms with van der Waals surface area (Å²) < 4.78 is 5.52. The number of benzene rings is 3. The Morgan fingerprint density at radius 1 is 0.837 bits per heavy atom. The number of nitrogens with zero attached hydrogens (tertiary/aromatic N) is 1. The molecule has 3 aromatic carbocycles. The fraction of sp³-hybridized carbons (Fsp3) is 0.400. The van der Waals surface area contributed by atoms with E-state index in [4.69, 9.17) is 4.74 Å². The minimum absolute atomic E-state index is 0.0832. The van der Waals surface area contributed by atoms with Crippen molar-refractivity contribution in [2.75, 3.05) is 5.32 Å². The van der Waals surface area contributed by atoms with E-state index in [1.54, 1.807) is 39.8 Å². The fourth-order valence-corrected chi connectivity index (χ4v) is 4.98. The topological polar surface area (TPSA) is 108 Å². The lowest BCUT2D eigenvalue weighted by Crippen LogP contribution is -2.58. The molecule has 3 N–H and O–H groups in total. The van der Waals surface area contributed by atoms with Crippen LogP contribution >= 0.6 is 0 Å². The van der Waals surface area contributed by atoms with Crippen molar-refractivity contribution < 1.29 is 24.2 Å². The molecule has 0 saturated carbocycles. The van der Waals surface area contributed by atoms with Crippen LogP contribution in [0.5, 0.6) is 5.75 Å². The van der Waals surface area contributed by atoms with E-state index in [1.165, 1.54) is 11.0 Å². The first-order valence-corrected chi connectivity index (χ1v) is 14.5. The second-order valence-corrected chi connectivity index (χ2v) is 13.0. The Bertz CT molecular complexity index is 1430. The van der Waals surface area contributed by atoms with Gasteiger partial charge in [0.2, 0.25) is 5.91 Å². The number of ether oxygens (including phenoxy) is 1. The smallest absolute Gasteiger partial charge is 0.408 e. The van der Waals surface area contributed by atoms with E-state index in [-0.39, 0.29) is 12.2 Å². The van der Waals surface area contributed by atoms with Crippen LogP contribution in [0.4, 0.5) is 10.5 Å². The van der Waals surface area contributed by atoms with E-state index >= 15 is 0 Å². The molecule has 0 bridgehead atoms. The molecule has 3 aromatic rings. The third-order valence-corrected chi connectivity index (χ3v) is 7.00. The number of hydrogen-bond donors (Lipinski definition) is 3. The van der Waals surface area contributed by atoms with E-state index in [1.807, 2.05) is 83.1 Å². The van der Waals surface area contributed by atoms with E-state index in [2.05, 4.69) is 10.6 Å². The van der Waals surface area contributed by atoms with Crippen molar-refractivity contribution in [2.24, 2.45) is 0 Å². The molecule has 8 heteroatoms. The van der Waals surface area contributed by atoms with Crippen molar-refractivity contribution in [3.05, 3.63) is 94.5 Å². The normalized spacial score (nSPS) is 13.0. The van der Waals surface area contributed by atoms with Crippen molar-refractivity contribution in [3.8, 4) is 5.75 Å². The number of rotatable bonds is 8. The second kappa shape index (κ2) is 13.3. The van der Waals surface area contributed by atoms with Gasteiger partial charge in [-0.05, 0) is 102 Å². The lowest BCUT2D eigenvalue weighted by atomic mass is 9.93. The highest BCUT2D eigenvalue weighted by Crippen LogP contribution is 2.34. The summed E-state index contributed by atoms with van der Waals surface area (Å²) in [4.78, 5) is 43.5. The van der Waals surface area contributed by atoms with Crippen molar-refractivity contribution in [1.82, 2.24) is 10.2 Å². The molecule has 43 heavy (non-hydrogen) atoms. The van der Waals surface area contributed by atoms with Gasteiger partial charge in [0.15, 0.2) is 0 Å². The predicted molar refractivity (Wildman–Crippen MR) is 170 cm³/mol. The highest BCUT2D eigenvalue weighted by molar-refractivity contribution is 6.00. The number of aromatic hydroxyl groups is 1. The Kier molecular flexibility index (Phi) is 10.3. The average molecular weight is 588 g/mol. The monoisotopic (exact) mass is 587 g/mol. The first-order chi connectivity index (χ1) is 20.0. The Morgan fingerprint density at radius 3 is 1.98 bits per heavy atom. The standard InChI is InChI=1S/C35H45N3O5/c1-22-14-13-15-23(2)29(22)37-31(40)30(26-18-19-28(39)24(3)20-26)38(34(4,5)6)32(41)27(21-25-16-11-10-12-17-25)36-33(42)43-35(7,8)9/h10-20,27,30,39H,21H2,1-9H3,(H,36,42)(H,37,40). The zero-order valence-electron chi connectivity index (χ0n) is 26.7.